The van der Waals surface area contributed by atoms with E-state index in [1.54, 1.807) is 0 Å². The Kier molecular flexibility index (Phi) is 21.0. The molecule has 1 amide bonds. The molecule has 0 aromatic rings. The lowest BCUT2D eigenvalue weighted by Crippen LogP contribution is -1.95. The van der Waals surface area contributed by atoms with Gasteiger partial charge in [0.2, 0.25) is 6.41 Å². The van der Waals surface area contributed by atoms with Crippen LogP contribution in [0.3, 0.4) is 0 Å². The average molecular weight is 118 g/mol. The second kappa shape index (κ2) is 16.1. The molecular weight excluding hydrogens is 104 g/mol. The molecule has 0 aliphatic rings. The maximum Gasteiger partial charge on any atom is 0.204 e. The summed E-state index contributed by atoms with van der Waals surface area (Å²) in [6, 6.07) is 0. The second-order valence-corrected chi connectivity index (χ2v) is 1.28. The largest absolute Gasteiger partial charge is 0.372 e. The summed E-state index contributed by atoms with van der Waals surface area (Å²) in [6.45, 7) is 2.98. The summed E-state index contributed by atoms with van der Waals surface area (Å²) < 4.78 is 0. The van der Waals surface area contributed by atoms with Crippen molar-refractivity contribution >= 4 is 6.41 Å². The van der Waals surface area contributed by atoms with E-state index < -0.39 is 0 Å². The first-order chi connectivity index (χ1) is 3.83. The van der Waals surface area contributed by atoms with Gasteiger partial charge in [0.05, 0.1) is 0 Å². The summed E-state index contributed by atoms with van der Waals surface area (Å²) in [5.41, 5.74) is 9.31. The van der Waals surface area contributed by atoms with Crippen LogP contribution in [0.25, 0.3) is 0 Å². The van der Waals surface area contributed by atoms with E-state index in [2.05, 4.69) is 12.7 Å². The van der Waals surface area contributed by atoms with Crippen molar-refractivity contribution < 1.29 is 4.79 Å². The molecule has 3 heteroatoms. The molecule has 0 aromatic heterocycles. The molecule has 0 unspecified atom stereocenters. The molecular formula is C5H14N2O. The second-order valence-electron chi connectivity index (χ2n) is 1.28. The van der Waals surface area contributed by atoms with E-state index in [0.29, 0.717) is 0 Å². The number of carbonyl (C=O) groups is 1. The number of amides is 1. The van der Waals surface area contributed by atoms with Crippen LogP contribution in [0.2, 0.25) is 0 Å². The molecule has 0 rings (SSSR count). The van der Waals surface area contributed by atoms with Gasteiger partial charge < -0.3 is 11.5 Å². The minimum absolute atomic E-state index is 0.250. The third-order valence-corrected chi connectivity index (χ3v) is 0.558. The topological polar surface area (TPSA) is 69.1 Å². The minimum Gasteiger partial charge on any atom is -0.372 e. The van der Waals surface area contributed by atoms with Crippen LogP contribution in [0.5, 0.6) is 0 Å². The van der Waals surface area contributed by atoms with E-state index in [9.17, 15) is 0 Å². The Morgan fingerprint density at radius 3 is 2.00 bits per heavy atom. The molecule has 0 saturated heterocycles. The van der Waals surface area contributed by atoms with Crippen LogP contribution in [-0.2, 0) is 4.79 Å². The molecule has 0 aliphatic heterocycles. The van der Waals surface area contributed by atoms with Crippen molar-refractivity contribution in [3.63, 3.8) is 0 Å². The molecule has 3 nitrogen and oxygen atoms in total. The van der Waals surface area contributed by atoms with Gasteiger partial charge in [0, 0.05) is 0 Å². The van der Waals surface area contributed by atoms with Crippen molar-refractivity contribution in [2.24, 2.45) is 11.5 Å². The summed E-state index contributed by atoms with van der Waals surface area (Å²) >= 11 is 0. The maximum absolute atomic E-state index is 8.58. The van der Waals surface area contributed by atoms with Gasteiger partial charge in [-0.25, -0.2) is 0 Å². The summed E-state index contributed by atoms with van der Waals surface area (Å²) in [5, 5.41) is 0. The van der Waals surface area contributed by atoms with E-state index >= 15 is 0 Å². The van der Waals surface area contributed by atoms with E-state index in [4.69, 9.17) is 10.5 Å². The highest BCUT2D eigenvalue weighted by atomic mass is 16.1. The fourth-order valence-corrected chi connectivity index (χ4v) is 0.204. The predicted octanol–water partition coefficient (Wildman–Crippen LogP) is -0.153. The van der Waals surface area contributed by atoms with Gasteiger partial charge in [0.1, 0.15) is 0 Å². The third kappa shape index (κ3) is 52.1. The minimum atomic E-state index is 0.250. The first-order valence-corrected chi connectivity index (χ1v) is 2.68. The molecule has 0 bridgehead atoms. The third-order valence-electron chi connectivity index (χ3n) is 0.558. The number of rotatable bonds is 2. The molecule has 0 radical (unpaired) electrons. The van der Waals surface area contributed by atoms with Gasteiger partial charge >= 0.3 is 0 Å². The molecule has 0 aromatic carbocycles. The molecule has 4 N–H and O–H groups in total. The predicted molar refractivity (Wildman–Crippen MR) is 34.2 cm³/mol. The normalized spacial score (nSPS) is 6.75. The van der Waals surface area contributed by atoms with Gasteiger partial charge in [0.25, 0.3) is 0 Å². The zero-order chi connectivity index (χ0) is 6.83. The van der Waals surface area contributed by atoms with Crippen LogP contribution in [0, 0.1) is 0 Å². The molecule has 0 atom stereocenters. The Balaban J connectivity index is 0. The van der Waals surface area contributed by atoms with Gasteiger partial charge in [-0.05, 0) is 13.0 Å². The summed E-state index contributed by atoms with van der Waals surface area (Å²) in [4.78, 5) is 8.58. The number of unbranched alkanes of at least 4 members (excludes halogenated alkanes) is 1. The zero-order valence-electron chi connectivity index (χ0n) is 5.26. The van der Waals surface area contributed by atoms with E-state index in [-0.39, 0.29) is 6.41 Å². The van der Waals surface area contributed by atoms with Crippen molar-refractivity contribution in [2.45, 2.75) is 19.8 Å². The van der Waals surface area contributed by atoms with E-state index in [0.717, 1.165) is 6.54 Å². The molecule has 0 heterocycles. The number of carbonyl (C=O) groups excluding carboxylic acids is 1. The summed E-state index contributed by atoms with van der Waals surface area (Å²) in [7, 11) is 0. The number of nitrogens with two attached hydrogens (primary N) is 2. The van der Waals surface area contributed by atoms with Crippen molar-refractivity contribution in [1.29, 1.82) is 0 Å². The van der Waals surface area contributed by atoms with Gasteiger partial charge in [0.15, 0.2) is 0 Å². The summed E-state index contributed by atoms with van der Waals surface area (Å²) in [5.74, 6) is 0. The van der Waals surface area contributed by atoms with Crippen LogP contribution in [-0.4, -0.2) is 13.0 Å². The first-order valence-electron chi connectivity index (χ1n) is 2.68. The van der Waals surface area contributed by atoms with Crippen molar-refractivity contribution in [3.8, 4) is 0 Å². The van der Waals surface area contributed by atoms with Crippen LogP contribution in [0.1, 0.15) is 19.8 Å². The SMILES string of the molecule is CCCCN.NC=O. The van der Waals surface area contributed by atoms with Crippen LogP contribution in [0.15, 0.2) is 0 Å². The fraction of sp³-hybridized carbons (Fsp3) is 0.800. The van der Waals surface area contributed by atoms with Gasteiger partial charge in [-0.1, -0.05) is 13.3 Å². The van der Waals surface area contributed by atoms with E-state index in [1.165, 1.54) is 12.8 Å². The molecule has 50 valence electrons. The summed E-state index contributed by atoms with van der Waals surface area (Å²) in [6.07, 6.45) is 2.64. The molecule has 0 spiro atoms. The molecule has 0 saturated carbocycles. The lowest BCUT2D eigenvalue weighted by Gasteiger charge is -1.80. The van der Waals surface area contributed by atoms with Crippen LogP contribution >= 0.6 is 0 Å². The smallest absolute Gasteiger partial charge is 0.204 e. The van der Waals surface area contributed by atoms with Crippen molar-refractivity contribution in [2.75, 3.05) is 6.54 Å². The highest BCUT2D eigenvalue weighted by molar-refractivity contribution is 5.42. The lowest BCUT2D eigenvalue weighted by molar-refractivity contribution is -0.106. The Hall–Kier alpha value is -0.570. The van der Waals surface area contributed by atoms with Gasteiger partial charge in [-0.3, -0.25) is 4.79 Å². The highest BCUT2D eigenvalue weighted by Gasteiger charge is 1.67. The lowest BCUT2D eigenvalue weighted by atomic mass is 10.3. The number of hydrogen-bond donors (Lipinski definition) is 2. The average Bonchev–Trinajstić information content (AvgIpc) is 1.71. The first kappa shape index (κ1) is 10.4. The molecule has 0 fully saturated rings. The van der Waals surface area contributed by atoms with Crippen LogP contribution < -0.4 is 11.5 Å². The number of primary amides is 1. The Morgan fingerprint density at radius 2 is 2.00 bits per heavy atom. The number of hydrogen-bond acceptors (Lipinski definition) is 2. The van der Waals surface area contributed by atoms with Crippen LogP contribution in [0.4, 0.5) is 0 Å². The van der Waals surface area contributed by atoms with Crippen molar-refractivity contribution in [3.05, 3.63) is 0 Å². The monoisotopic (exact) mass is 118 g/mol. The molecule has 0 aliphatic carbocycles. The quantitative estimate of drug-likeness (QED) is 0.495. The zero-order valence-corrected chi connectivity index (χ0v) is 5.26. The van der Waals surface area contributed by atoms with Crippen molar-refractivity contribution in [1.82, 2.24) is 0 Å². The maximum atomic E-state index is 8.58. The molecule has 8 heavy (non-hydrogen) atoms. The van der Waals surface area contributed by atoms with Gasteiger partial charge in [-0.15, -0.1) is 0 Å². The standard InChI is InChI=1S/C4H11N.CH3NO/c1-2-3-4-5;2-1-3/h2-5H2,1H3;1H,(H2,2,3). The fourth-order valence-electron chi connectivity index (χ4n) is 0.204. The Morgan fingerprint density at radius 1 is 1.62 bits per heavy atom. The Labute approximate surface area is 50.0 Å². The highest BCUT2D eigenvalue weighted by Crippen LogP contribution is 1.77. The Bertz CT molecular complexity index is 37.4. The van der Waals surface area contributed by atoms with Gasteiger partial charge in [-0.2, -0.15) is 0 Å². The van der Waals surface area contributed by atoms with E-state index in [1.807, 2.05) is 0 Å².